The van der Waals surface area contributed by atoms with Crippen LogP contribution in [-0.2, 0) is 22.7 Å². The summed E-state index contributed by atoms with van der Waals surface area (Å²) in [7, 11) is -3.67. The van der Waals surface area contributed by atoms with E-state index < -0.39 is 9.84 Å². The van der Waals surface area contributed by atoms with Gasteiger partial charge in [0.25, 0.3) is 0 Å². The second kappa shape index (κ2) is 8.91. The maximum Gasteiger partial charge on any atom is 0.207 e. The molecule has 0 bridgehead atoms. The van der Waals surface area contributed by atoms with Gasteiger partial charge < -0.3 is 0 Å². The monoisotopic (exact) mass is 426 g/mol. The van der Waals surface area contributed by atoms with Crippen LogP contribution < -0.4 is 0 Å². The lowest BCUT2D eigenvalue weighted by atomic mass is 10.0. The Balaban J connectivity index is 1.81. The molecule has 3 heteroatoms. The fourth-order valence-corrected chi connectivity index (χ4v) is 5.65. The Labute approximate surface area is 185 Å². The van der Waals surface area contributed by atoms with E-state index in [9.17, 15) is 8.42 Å². The molecule has 0 spiro atoms. The Kier molecular flexibility index (Phi) is 6.06. The minimum atomic E-state index is -3.67. The molecule has 0 aliphatic carbocycles. The van der Waals surface area contributed by atoms with Crippen LogP contribution in [0.3, 0.4) is 0 Å². The zero-order chi connectivity index (χ0) is 21.8. The van der Waals surface area contributed by atoms with Crippen molar-refractivity contribution in [2.24, 2.45) is 0 Å². The van der Waals surface area contributed by atoms with Gasteiger partial charge in [0.1, 0.15) is 0 Å². The van der Waals surface area contributed by atoms with Crippen LogP contribution in [0.4, 0.5) is 0 Å². The van der Waals surface area contributed by atoms with Crippen molar-refractivity contribution >= 4 is 9.84 Å². The van der Waals surface area contributed by atoms with Gasteiger partial charge in [-0.15, -0.1) is 0 Å². The number of sulfone groups is 1. The third-order valence-corrected chi connectivity index (χ3v) is 7.44. The van der Waals surface area contributed by atoms with Crippen molar-refractivity contribution in [1.82, 2.24) is 0 Å². The predicted octanol–water partition coefficient (Wildman–Crippen LogP) is 6.32. The first-order valence-electron chi connectivity index (χ1n) is 10.5. The summed E-state index contributed by atoms with van der Waals surface area (Å²) >= 11 is 0. The molecule has 0 aromatic heterocycles. The van der Waals surface area contributed by atoms with E-state index in [0.717, 1.165) is 33.4 Å². The number of rotatable bonds is 6. The summed E-state index contributed by atoms with van der Waals surface area (Å²) in [5, 5.41) is 0. The molecular weight excluding hydrogens is 400 g/mol. The molecule has 0 saturated carbocycles. The second-order valence-electron chi connectivity index (χ2n) is 8.05. The lowest BCUT2D eigenvalue weighted by molar-refractivity contribution is 0.594. The molecule has 0 atom stereocenters. The van der Waals surface area contributed by atoms with E-state index >= 15 is 0 Å². The highest BCUT2D eigenvalue weighted by atomic mass is 32.2. The van der Waals surface area contributed by atoms with E-state index in [1.165, 1.54) is 0 Å². The highest BCUT2D eigenvalue weighted by molar-refractivity contribution is 7.91. The Morgan fingerprint density at radius 2 is 0.935 bits per heavy atom. The van der Waals surface area contributed by atoms with E-state index in [4.69, 9.17) is 0 Å². The lowest BCUT2D eigenvalue weighted by Gasteiger charge is -2.16. The van der Waals surface area contributed by atoms with E-state index in [-0.39, 0.29) is 0 Å². The maximum atomic E-state index is 13.9. The smallest absolute Gasteiger partial charge is 0.207 e. The standard InChI is InChI=1S/C28H26O2S/c1-21-13-15-27(25(17-21)19-23-9-5-3-6-10-23)31(29,30)28-16-14-22(2)18-26(28)20-24-11-7-4-8-12-24/h3-18H,19-20H2,1-2H3. The molecule has 0 N–H and O–H groups in total. The highest BCUT2D eigenvalue weighted by Crippen LogP contribution is 2.30. The lowest BCUT2D eigenvalue weighted by Crippen LogP contribution is -2.10. The molecule has 0 radical (unpaired) electrons. The fourth-order valence-electron chi connectivity index (χ4n) is 3.97. The quantitative estimate of drug-likeness (QED) is 0.362. The van der Waals surface area contributed by atoms with Gasteiger partial charge in [0.2, 0.25) is 9.84 Å². The zero-order valence-electron chi connectivity index (χ0n) is 17.9. The second-order valence-corrected chi connectivity index (χ2v) is 9.94. The van der Waals surface area contributed by atoms with Gasteiger partial charge in [-0.1, -0.05) is 96.1 Å². The molecule has 156 valence electrons. The Bertz CT molecular complexity index is 1190. The first-order valence-corrected chi connectivity index (χ1v) is 11.9. The molecule has 4 rings (SSSR count). The summed E-state index contributed by atoms with van der Waals surface area (Å²) in [5.74, 6) is 0. The topological polar surface area (TPSA) is 34.1 Å². The average molecular weight is 427 g/mol. The number of hydrogen-bond acceptors (Lipinski definition) is 2. The molecule has 4 aromatic rings. The average Bonchev–Trinajstić information content (AvgIpc) is 2.75. The van der Waals surface area contributed by atoms with Gasteiger partial charge in [0, 0.05) is 0 Å². The molecule has 0 amide bonds. The Morgan fingerprint density at radius 1 is 0.548 bits per heavy atom. The first kappa shape index (κ1) is 21.1. The van der Waals surface area contributed by atoms with Crippen molar-refractivity contribution in [2.45, 2.75) is 36.5 Å². The molecular formula is C28H26O2S. The minimum absolute atomic E-state index is 0.389. The van der Waals surface area contributed by atoms with Gasteiger partial charge in [-0.25, -0.2) is 8.42 Å². The summed E-state index contributed by atoms with van der Waals surface area (Å²) < 4.78 is 27.8. The molecule has 2 nitrogen and oxygen atoms in total. The maximum absolute atomic E-state index is 13.9. The fraction of sp³-hybridized carbons (Fsp3) is 0.143. The third kappa shape index (κ3) is 4.78. The van der Waals surface area contributed by atoms with Crippen LogP contribution in [0.1, 0.15) is 33.4 Å². The largest absolute Gasteiger partial charge is 0.218 e. The molecule has 0 heterocycles. The van der Waals surface area contributed by atoms with Crippen LogP contribution in [0.2, 0.25) is 0 Å². The molecule has 0 saturated heterocycles. The minimum Gasteiger partial charge on any atom is -0.218 e. The number of hydrogen-bond donors (Lipinski definition) is 0. The van der Waals surface area contributed by atoms with Crippen LogP contribution in [0.25, 0.3) is 0 Å². The summed E-state index contributed by atoms with van der Waals surface area (Å²) in [6, 6.07) is 31.3. The van der Waals surface area contributed by atoms with Gasteiger partial charge in [-0.05, 0) is 61.1 Å². The van der Waals surface area contributed by atoms with Crippen molar-refractivity contribution in [1.29, 1.82) is 0 Å². The van der Waals surface area contributed by atoms with E-state index in [2.05, 4.69) is 0 Å². The predicted molar refractivity (Wildman–Crippen MR) is 126 cm³/mol. The van der Waals surface area contributed by atoms with Crippen LogP contribution in [0.15, 0.2) is 107 Å². The van der Waals surface area contributed by atoms with E-state index in [0.29, 0.717) is 22.6 Å². The molecule has 0 unspecified atom stereocenters. The van der Waals surface area contributed by atoms with Gasteiger partial charge in [-0.2, -0.15) is 0 Å². The molecule has 4 aromatic carbocycles. The number of aryl methyl sites for hydroxylation is 2. The van der Waals surface area contributed by atoms with Gasteiger partial charge in [0.05, 0.1) is 9.79 Å². The molecule has 0 fully saturated rings. The summed E-state index contributed by atoms with van der Waals surface area (Å²) in [6.45, 7) is 4.00. The van der Waals surface area contributed by atoms with Crippen molar-refractivity contribution in [2.75, 3.05) is 0 Å². The van der Waals surface area contributed by atoms with Crippen molar-refractivity contribution in [3.8, 4) is 0 Å². The van der Waals surface area contributed by atoms with Crippen LogP contribution >= 0.6 is 0 Å². The van der Waals surface area contributed by atoms with Gasteiger partial charge in [-0.3, -0.25) is 0 Å². The third-order valence-electron chi connectivity index (χ3n) is 5.49. The Hall–Kier alpha value is -3.17. The van der Waals surface area contributed by atoms with Crippen LogP contribution in [0.5, 0.6) is 0 Å². The summed E-state index contributed by atoms with van der Waals surface area (Å²) in [4.78, 5) is 0.778. The van der Waals surface area contributed by atoms with Crippen molar-refractivity contribution in [3.63, 3.8) is 0 Å². The SMILES string of the molecule is Cc1ccc(S(=O)(=O)c2ccc(C)cc2Cc2ccccc2)c(Cc2ccccc2)c1. The molecule has 0 aliphatic rings. The van der Waals surface area contributed by atoms with Crippen molar-refractivity contribution < 1.29 is 8.42 Å². The highest BCUT2D eigenvalue weighted by Gasteiger charge is 2.24. The normalized spacial score (nSPS) is 11.4. The van der Waals surface area contributed by atoms with Gasteiger partial charge in [0.15, 0.2) is 0 Å². The van der Waals surface area contributed by atoms with Crippen LogP contribution in [0, 0.1) is 13.8 Å². The molecule has 31 heavy (non-hydrogen) atoms. The summed E-state index contributed by atoms with van der Waals surface area (Å²) in [5.41, 5.74) is 5.96. The van der Waals surface area contributed by atoms with Crippen molar-refractivity contribution in [3.05, 3.63) is 130 Å². The first-order chi connectivity index (χ1) is 14.9. The molecule has 0 aliphatic heterocycles. The van der Waals surface area contributed by atoms with Crippen LogP contribution in [-0.4, -0.2) is 8.42 Å². The summed E-state index contributed by atoms with van der Waals surface area (Å²) in [6.07, 6.45) is 1.16. The zero-order valence-corrected chi connectivity index (χ0v) is 18.7. The number of benzene rings is 4. The van der Waals surface area contributed by atoms with Gasteiger partial charge >= 0.3 is 0 Å². The Morgan fingerprint density at radius 3 is 1.32 bits per heavy atom. The van der Waals surface area contributed by atoms with E-state index in [1.54, 1.807) is 12.1 Å². The van der Waals surface area contributed by atoms with E-state index in [1.807, 2.05) is 98.8 Å².